The van der Waals surface area contributed by atoms with Gasteiger partial charge in [-0.3, -0.25) is 14.6 Å². The Morgan fingerprint density at radius 2 is 2.25 bits per heavy atom. The van der Waals surface area contributed by atoms with Gasteiger partial charge in [-0.2, -0.15) is 9.61 Å². The number of H-pyrrole nitrogens is 1. The van der Waals surface area contributed by atoms with Crippen LogP contribution in [0.4, 0.5) is 0 Å². The van der Waals surface area contributed by atoms with Crippen molar-refractivity contribution in [2.24, 2.45) is 0 Å². The van der Waals surface area contributed by atoms with Crippen molar-refractivity contribution < 1.29 is 9.59 Å². The highest BCUT2D eigenvalue weighted by molar-refractivity contribution is 5.78. The monoisotopic (exact) mass is 332 g/mol. The molecule has 9 nitrogen and oxygen atoms in total. The molecule has 0 atom stereocenters. The van der Waals surface area contributed by atoms with E-state index in [4.69, 9.17) is 0 Å². The summed E-state index contributed by atoms with van der Waals surface area (Å²) in [6, 6.07) is 0. The largest absolute Gasteiger partial charge is 0.356 e. The molecule has 0 radical (unpaired) electrons. The van der Waals surface area contributed by atoms with E-state index in [9.17, 15) is 14.4 Å². The summed E-state index contributed by atoms with van der Waals surface area (Å²) in [6.07, 6.45) is 5.98. The molecule has 2 aromatic heterocycles. The number of rotatable bonds is 7. The van der Waals surface area contributed by atoms with Gasteiger partial charge in [0.1, 0.15) is 0 Å². The fourth-order valence-electron chi connectivity index (χ4n) is 2.82. The number of amides is 2. The number of likely N-dealkylation sites (tertiary alicyclic amines) is 1. The van der Waals surface area contributed by atoms with Gasteiger partial charge in [-0.25, -0.2) is 9.78 Å². The van der Waals surface area contributed by atoms with Crippen LogP contribution in [0.3, 0.4) is 0 Å². The van der Waals surface area contributed by atoms with Crippen LogP contribution in [-0.4, -0.2) is 55.9 Å². The number of aromatic nitrogens is 4. The molecule has 0 aromatic carbocycles. The maximum atomic E-state index is 11.9. The molecular weight excluding hydrogens is 312 g/mol. The zero-order valence-corrected chi connectivity index (χ0v) is 13.3. The average Bonchev–Trinajstić information content (AvgIpc) is 3.17. The minimum Gasteiger partial charge on any atom is -0.356 e. The van der Waals surface area contributed by atoms with Crippen LogP contribution in [0.1, 0.15) is 31.2 Å². The highest BCUT2D eigenvalue weighted by Crippen LogP contribution is 2.09. The number of fused-ring (bicyclic) bond motifs is 1. The Balaban J connectivity index is 1.41. The van der Waals surface area contributed by atoms with Crippen LogP contribution >= 0.6 is 0 Å². The number of aromatic amines is 1. The first-order valence-corrected chi connectivity index (χ1v) is 8.10. The van der Waals surface area contributed by atoms with Crippen LogP contribution in [0.15, 0.2) is 17.3 Å². The quantitative estimate of drug-likeness (QED) is 0.663. The van der Waals surface area contributed by atoms with Gasteiger partial charge < -0.3 is 10.2 Å². The van der Waals surface area contributed by atoms with Gasteiger partial charge in [0, 0.05) is 38.0 Å². The van der Waals surface area contributed by atoms with Gasteiger partial charge in [0.05, 0.1) is 12.5 Å². The summed E-state index contributed by atoms with van der Waals surface area (Å²) in [6.45, 7) is 2.07. The molecule has 2 aromatic rings. The molecule has 0 unspecified atom stereocenters. The van der Waals surface area contributed by atoms with E-state index in [1.165, 1.54) is 10.8 Å². The van der Waals surface area contributed by atoms with E-state index in [1.54, 1.807) is 6.20 Å². The van der Waals surface area contributed by atoms with E-state index >= 15 is 0 Å². The van der Waals surface area contributed by atoms with Crippen LogP contribution in [0.25, 0.3) is 5.65 Å². The molecule has 0 bridgehead atoms. The predicted molar refractivity (Wildman–Crippen MR) is 85.4 cm³/mol. The second-order valence-electron chi connectivity index (χ2n) is 5.80. The first-order chi connectivity index (χ1) is 11.6. The van der Waals surface area contributed by atoms with Gasteiger partial charge in [0.15, 0.2) is 5.65 Å². The van der Waals surface area contributed by atoms with E-state index in [-0.39, 0.29) is 17.5 Å². The Morgan fingerprint density at radius 3 is 3.04 bits per heavy atom. The van der Waals surface area contributed by atoms with Crippen molar-refractivity contribution in [2.75, 3.05) is 19.6 Å². The summed E-state index contributed by atoms with van der Waals surface area (Å²) in [5, 5.41) is 6.81. The molecule has 1 fully saturated rings. The molecular formula is C15H20N6O3. The van der Waals surface area contributed by atoms with E-state index in [2.05, 4.69) is 20.4 Å². The number of nitrogens with one attached hydrogen (secondary N) is 2. The van der Waals surface area contributed by atoms with Crippen LogP contribution in [-0.2, 0) is 16.0 Å². The lowest BCUT2D eigenvalue weighted by Gasteiger charge is -2.15. The first-order valence-electron chi connectivity index (χ1n) is 8.10. The number of nitrogens with zero attached hydrogens (tertiary/aromatic N) is 4. The Kier molecular flexibility index (Phi) is 4.88. The molecule has 1 aliphatic heterocycles. The topological polar surface area (TPSA) is 112 Å². The van der Waals surface area contributed by atoms with Crippen molar-refractivity contribution in [1.82, 2.24) is 29.8 Å². The molecule has 0 saturated carbocycles. The van der Waals surface area contributed by atoms with Crippen molar-refractivity contribution in [3.63, 3.8) is 0 Å². The van der Waals surface area contributed by atoms with Gasteiger partial charge in [0.2, 0.25) is 11.8 Å². The summed E-state index contributed by atoms with van der Waals surface area (Å²) in [5.41, 5.74) is 0.880. The molecule has 2 N–H and O–H groups in total. The fraction of sp³-hybridized carbons (Fsp3) is 0.533. The van der Waals surface area contributed by atoms with Gasteiger partial charge in [0.25, 0.3) is 0 Å². The Hall–Kier alpha value is -2.71. The molecule has 2 amide bonds. The average molecular weight is 332 g/mol. The van der Waals surface area contributed by atoms with Gasteiger partial charge in [-0.1, -0.05) is 0 Å². The molecule has 24 heavy (non-hydrogen) atoms. The maximum Gasteiger partial charge on any atom is 0.349 e. The summed E-state index contributed by atoms with van der Waals surface area (Å²) in [4.78, 5) is 43.3. The SMILES string of the molecule is O=C(CCc1cnn2c(=O)[nH]cnc12)NCCCN1CCCC1=O. The molecule has 0 aliphatic carbocycles. The van der Waals surface area contributed by atoms with Crippen molar-refractivity contribution in [2.45, 2.75) is 32.1 Å². The summed E-state index contributed by atoms with van der Waals surface area (Å²) in [5.74, 6) is 0.142. The van der Waals surface area contributed by atoms with Gasteiger partial charge in [-0.15, -0.1) is 0 Å². The normalized spacial score (nSPS) is 14.5. The Bertz CT molecular complexity index is 796. The standard InChI is InChI=1S/C15H20N6O3/c22-12(16-6-2-8-20-7-1-3-13(20)23)5-4-11-9-19-21-14(11)17-10-18-15(21)24/h9-10H,1-8H2,(H,16,22)(H,17,18,24). The van der Waals surface area contributed by atoms with Crippen molar-refractivity contribution in [3.05, 3.63) is 28.6 Å². The van der Waals surface area contributed by atoms with Crippen molar-refractivity contribution >= 4 is 17.5 Å². The lowest BCUT2D eigenvalue weighted by Crippen LogP contribution is -2.30. The molecule has 9 heteroatoms. The number of carbonyl (C=O) groups excluding carboxylic acids is 2. The number of hydrogen-bond donors (Lipinski definition) is 2. The molecule has 128 valence electrons. The van der Waals surface area contributed by atoms with E-state index in [0.29, 0.717) is 38.0 Å². The third-order valence-corrected chi connectivity index (χ3v) is 4.10. The Labute approximate surface area is 138 Å². The van der Waals surface area contributed by atoms with Crippen molar-refractivity contribution in [1.29, 1.82) is 0 Å². The number of aryl methyl sites for hydroxylation is 1. The zero-order chi connectivity index (χ0) is 16.9. The smallest absolute Gasteiger partial charge is 0.349 e. The molecule has 3 rings (SSSR count). The number of carbonyl (C=O) groups is 2. The van der Waals surface area contributed by atoms with Gasteiger partial charge >= 0.3 is 5.69 Å². The maximum absolute atomic E-state index is 11.9. The number of hydrogen-bond acceptors (Lipinski definition) is 5. The third-order valence-electron chi connectivity index (χ3n) is 4.10. The molecule has 1 aliphatic rings. The van der Waals surface area contributed by atoms with Crippen LogP contribution in [0.2, 0.25) is 0 Å². The van der Waals surface area contributed by atoms with E-state index in [0.717, 1.165) is 24.9 Å². The zero-order valence-electron chi connectivity index (χ0n) is 13.3. The van der Waals surface area contributed by atoms with Crippen LogP contribution in [0.5, 0.6) is 0 Å². The van der Waals surface area contributed by atoms with E-state index in [1.807, 2.05) is 4.90 Å². The minimum atomic E-state index is -0.354. The minimum absolute atomic E-state index is 0.0630. The predicted octanol–water partition coefficient (Wildman–Crippen LogP) is -0.521. The van der Waals surface area contributed by atoms with Crippen LogP contribution in [0, 0.1) is 0 Å². The van der Waals surface area contributed by atoms with Gasteiger partial charge in [-0.05, 0) is 19.3 Å². The summed E-state index contributed by atoms with van der Waals surface area (Å²) >= 11 is 0. The highest BCUT2D eigenvalue weighted by atomic mass is 16.2. The first kappa shape index (κ1) is 16.2. The molecule has 3 heterocycles. The van der Waals surface area contributed by atoms with Crippen LogP contribution < -0.4 is 11.0 Å². The summed E-state index contributed by atoms with van der Waals surface area (Å²) in [7, 11) is 0. The lowest BCUT2D eigenvalue weighted by molar-refractivity contribution is -0.127. The second kappa shape index (κ2) is 7.24. The lowest BCUT2D eigenvalue weighted by atomic mass is 10.2. The molecule has 1 saturated heterocycles. The summed E-state index contributed by atoms with van der Waals surface area (Å²) < 4.78 is 1.18. The third kappa shape index (κ3) is 3.61. The molecule has 0 spiro atoms. The second-order valence-corrected chi connectivity index (χ2v) is 5.80. The highest BCUT2D eigenvalue weighted by Gasteiger charge is 2.19. The van der Waals surface area contributed by atoms with E-state index < -0.39 is 0 Å². The fourth-order valence-corrected chi connectivity index (χ4v) is 2.82. The Morgan fingerprint density at radius 1 is 1.38 bits per heavy atom. The van der Waals surface area contributed by atoms with Crippen molar-refractivity contribution in [3.8, 4) is 0 Å².